The Morgan fingerprint density at radius 3 is 2.17 bits per heavy atom. The summed E-state index contributed by atoms with van der Waals surface area (Å²) < 4.78 is 5.73. The van der Waals surface area contributed by atoms with E-state index in [0.29, 0.717) is 17.6 Å². The first-order valence-corrected chi connectivity index (χ1v) is 13.1. The Labute approximate surface area is 214 Å². The molecular formula is C32H35NO3. The fraction of sp³-hybridized carbons (Fsp3) is 0.375. The topological polar surface area (TPSA) is 46.6 Å². The van der Waals surface area contributed by atoms with Crippen molar-refractivity contribution >= 4 is 17.6 Å². The van der Waals surface area contributed by atoms with Crippen LogP contribution in [0.4, 0.5) is 10.5 Å². The van der Waals surface area contributed by atoms with Crippen molar-refractivity contribution in [3.05, 3.63) is 102 Å². The van der Waals surface area contributed by atoms with E-state index < -0.39 is 0 Å². The number of para-hydroxylation sites is 1. The lowest BCUT2D eigenvalue weighted by Crippen LogP contribution is -2.44. The fourth-order valence-corrected chi connectivity index (χ4v) is 6.17. The Morgan fingerprint density at radius 2 is 1.50 bits per heavy atom. The number of Topliss-reactive ketones (excluding diaryl/α,β-unsaturated/α-hetero) is 1. The van der Waals surface area contributed by atoms with Crippen LogP contribution in [0, 0.1) is 23.7 Å². The predicted molar refractivity (Wildman–Crippen MR) is 143 cm³/mol. The highest BCUT2D eigenvalue weighted by Crippen LogP contribution is 2.60. The molecule has 0 radical (unpaired) electrons. The molecule has 2 unspecified atom stereocenters. The van der Waals surface area contributed by atoms with E-state index in [9.17, 15) is 9.59 Å². The van der Waals surface area contributed by atoms with E-state index in [1.807, 2.05) is 73.3 Å². The third kappa shape index (κ3) is 4.82. The van der Waals surface area contributed by atoms with Gasteiger partial charge < -0.3 is 4.74 Å². The van der Waals surface area contributed by atoms with Gasteiger partial charge in [-0.2, -0.15) is 0 Å². The molecule has 36 heavy (non-hydrogen) atoms. The van der Waals surface area contributed by atoms with E-state index in [1.165, 1.54) is 5.56 Å². The van der Waals surface area contributed by atoms with Gasteiger partial charge in [-0.1, -0.05) is 92.7 Å². The summed E-state index contributed by atoms with van der Waals surface area (Å²) in [7, 11) is 0. The SMILES string of the molecule is CC(C)C(=O)C1C([C@H]2C[C@@H](C)N(C(=O)OCc3ccccc3)c3ccccc32)[C@H]1Cc1ccccc1. The summed E-state index contributed by atoms with van der Waals surface area (Å²) in [6.07, 6.45) is 1.43. The predicted octanol–water partition coefficient (Wildman–Crippen LogP) is 7.04. The highest BCUT2D eigenvalue weighted by Gasteiger charge is 2.59. The number of carbonyl (C=O) groups excluding carboxylic acids is 2. The van der Waals surface area contributed by atoms with Gasteiger partial charge in [0, 0.05) is 17.9 Å². The molecule has 1 aliphatic carbocycles. The van der Waals surface area contributed by atoms with Crippen molar-refractivity contribution in [2.24, 2.45) is 23.7 Å². The fourth-order valence-electron chi connectivity index (χ4n) is 6.17. The van der Waals surface area contributed by atoms with Crippen LogP contribution in [0.2, 0.25) is 0 Å². The van der Waals surface area contributed by atoms with Crippen LogP contribution in [0.5, 0.6) is 0 Å². The number of ketones is 1. The Balaban J connectivity index is 1.40. The maximum absolute atomic E-state index is 13.3. The Morgan fingerprint density at radius 1 is 0.889 bits per heavy atom. The summed E-state index contributed by atoms with van der Waals surface area (Å²) in [5.41, 5.74) is 4.34. The number of benzene rings is 3. The normalized spacial score (nSPS) is 24.8. The second-order valence-electron chi connectivity index (χ2n) is 10.7. The summed E-state index contributed by atoms with van der Waals surface area (Å²) >= 11 is 0. The first-order valence-electron chi connectivity index (χ1n) is 13.1. The second kappa shape index (κ2) is 10.3. The molecule has 5 atom stereocenters. The van der Waals surface area contributed by atoms with Crippen molar-refractivity contribution in [2.45, 2.75) is 52.2 Å². The lowest BCUT2D eigenvalue weighted by Gasteiger charge is -2.39. The van der Waals surface area contributed by atoms with Crippen LogP contribution in [-0.4, -0.2) is 17.9 Å². The third-order valence-corrected chi connectivity index (χ3v) is 7.94. The highest BCUT2D eigenvalue weighted by molar-refractivity contribution is 5.91. The number of nitrogens with zero attached hydrogens (tertiary/aromatic N) is 1. The number of ether oxygens (including phenoxy) is 1. The number of hydrogen-bond acceptors (Lipinski definition) is 3. The second-order valence-corrected chi connectivity index (χ2v) is 10.7. The maximum atomic E-state index is 13.3. The zero-order valence-electron chi connectivity index (χ0n) is 21.3. The van der Waals surface area contributed by atoms with Crippen molar-refractivity contribution in [3.63, 3.8) is 0 Å². The Kier molecular flexibility index (Phi) is 6.95. The van der Waals surface area contributed by atoms with Crippen LogP contribution >= 0.6 is 0 Å². The van der Waals surface area contributed by atoms with Crippen LogP contribution < -0.4 is 4.90 Å². The van der Waals surface area contributed by atoms with Crippen LogP contribution in [0.15, 0.2) is 84.9 Å². The van der Waals surface area contributed by atoms with Gasteiger partial charge in [0.25, 0.3) is 0 Å². The molecule has 2 aliphatic rings. The van der Waals surface area contributed by atoms with E-state index in [2.05, 4.69) is 37.3 Å². The average Bonchev–Trinajstić information content (AvgIpc) is 3.60. The monoisotopic (exact) mass is 481 g/mol. The highest BCUT2D eigenvalue weighted by atomic mass is 16.6. The van der Waals surface area contributed by atoms with Gasteiger partial charge in [0.05, 0.1) is 5.69 Å². The quantitative estimate of drug-likeness (QED) is 0.364. The molecule has 3 aromatic rings. The molecule has 4 heteroatoms. The molecule has 186 valence electrons. The van der Waals surface area contributed by atoms with Gasteiger partial charge in [0.1, 0.15) is 12.4 Å². The van der Waals surface area contributed by atoms with Crippen LogP contribution in [0.3, 0.4) is 0 Å². The number of rotatable bonds is 7. The van der Waals surface area contributed by atoms with E-state index in [0.717, 1.165) is 29.7 Å². The minimum Gasteiger partial charge on any atom is -0.444 e. The van der Waals surface area contributed by atoms with E-state index in [1.54, 1.807) is 0 Å². The molecule has 1 fully saturated rings. The average molecular weight is 482 g/mol. The number of hydrogen-bond donors (Lipinski definition) is 0. The van der Waals surface area contributed by atoms with Crippen molar-refractivity contribution in [1.82, 2.24) is 0 Å². The van der Waals surface area contributed by atoms with Gasteiger partial charge >= 0.3 is 6.09 Å². The third-order valence-electron chi connectivity index (χ3n) is 7.94. The van der Waals surface area contributed by atoms with Gasteiger partial charge in [-0.15, -0.1) is 0 Å². The molecule has 4 nitrogen and oxygen atoms in total. The smallest absolute Gasteiger partial charge is 0.414 e. The molecule has 1 heterocycles. The molecule has 1 aliphatic heterocycles. The molecule has 1 saturated carbocycles. The van der Waals surface area contributed by atoms with E-state index in [-0.39, 0.29) is 36.5 Å². The number of amides is 1. The van der Waals surface area contributed by atoms with Gasteiger partial charge in [-0.3, -0.25) is 9.69 Å². The van der Waals surface area contributed by atoms with Crippen LogP contribution in [0.1, 0.15) is 49.8 Å². The van der Waals surface area contributed by atoms with Crippen molar-refractivity contribution in [2.75, 3.05) is 4.90 Å². The first kappa shape index (κ1) is 24.3. The van der Waals surface area contributed by atoms with Gasteiger partial charge in [0.15, 0.2) is 0 Å². The molecular weight excluding hydrogens is 446 g/mol. The Bertz CT molecular complexity index is 1210. The van der Waals surface area contributed by atoms with Crippen molar-refractivity contribution < 1.29 is 14.3 Å². The molecule has 0 saturated heterocycles. The summed E-state index contributed by atoms with van der Waals surface area (Å²) in [5, 5.41) is 0. The van der Waals surface area contributed by atoms with Gasteiger partial charge in [0.2, 0.25) is 0 Å². The van der Waals surface area contributed by atoms with Gasteiger partial charge in [-0.05, 0) is 60.3 Å². The zero-order chi connectivity index (χ0) is 25.2. The van der Waals surface area contributed by atoms with Gasteiger partial charge in [-0.25, -0.2) is 4.79 Å². The van der Waals surface area contributed by atoms with Crippen molar-refractivity contribution in [1.29, 1.82) is 0 Å². The number of fused-ring (bicyclic) bond motifs is 1. The minimum atomic E-state index is -0.316. The maximum Gasteiger partial charge on any atom is 0.414 e. The Hall–Kier alpha value is -3.40. The summed E-state index contributed by atoms with van der Waals surface area (Å²) in [6.45, 7) is 6.38. The molecule has 3 aromatic carbocycles. The lowest BCUT2D eigenvalue weighted by atomic mass is 9.81. The molecule has 0 bridgehead atoms. The zero-order valence-corrected chi connectivity index (χ0v) is 21.3. The summed E-state index contributed by atoms with van der Waals surface area (Å²) in [6, 6.07) is 28.4. The molecule has 0 N–H and O–H groups in total. The number of carbonyl (C=O) groups is 2. The largest absolute Gasteiger partial charge is 0.444 e. The van der Waals surface area contributed by atoms with E-state index in [4.69, 9.17) is 4.74 Å². The molecule has 0 spiro atoms. The van der Waals surface area contributed by atoms with Crippen LogP contribution in [-0.2, 0) is 22.6 Å². The minimum absolute atomic E-state index is 0.0130. The standard InChI is InChI=1S/C32H35NO3/c1-21(2)31(34)30-27(19-23-12-6-4-7-13-23)29(30)26-18-22(3)33(28-17-11-10-16-25(26)28)32(35)36-20-24-14-8-5-9-15-24/h4-17,21-22,26-27,29-30H,18-20H2,1-3H3/t22-,26+,27-,29?,30?/m1/s1. The lowest BCUT2D eigenvalue weighted by molar-refractivity contribution is -0.123. The summed E-state index contributed by atoms with van der Waals surface area (Å²) in [4.78, 5) is 28.3. The number of anilines is 1. The summed E-state index contributed by atoms with van der Waals surface area (Å²) in [5.74, 6) is 1.35. The molecule has 0 aromatic heterocycles. The molecule has 1 amide bonds. The van der Waals surface area contributed by atoms with Crippen molar-refractivity contribution in [3.8, 4) is 0 Å². The first-order chi connectivity index (χ1) is 17.5. The molecule has 5 rings (SSSR count). The van der Waals surface area contributed by atoms with Crippen LogP contribution in [0.25, 0.3) is 0 Å². The van der Waals surface area contributed by atoms with E-state index >= 15 is 0 Å².